The van der Waals surface area contributed by atoms with Gasteiger partial charge in [-0.3, -0.25) is 29.3 Å². The third kappa shape index (κ3) is 3.93. The topological polar surface area (TPSA) is 144 Å². The van der Waals surface area contributed by atoms with Crippen LogP contribution in [0.4, 0.5) is 11.4 Å². The summed E-state index contributed by atoms with van der Waals surface area (Å²) in [6.45, 7) is 3.64. The number of aromatic hydroxyl groups is 1. The summed E-state index contributed by atoms with van der Waals surface area (Å²) in [6.07, 6.45) is 3.44. The second kappa shape index (κ2) is 9.65. The number of allylic oxidation sites excluding steroid dienone is 6. The summed E-state index contributed by atoms with van der Waals surface area (Å²) in [6, 6.07) is 10.3. The van der Waals surface area contributed by atoms with E-state index in [1.54, 1.807) is 32.0 Å². The Morgan fingerprint density at radius 3 is 2.56 bits per heavy atom. The van der Waals surface area contributed by atoms with Crippen LogP contribution in [0.15, 0.2) is 76.9 Å². The number of phenols is 1. The van der Waals surface area contributed by atoms with E-state index in [1.165, 1.54) is 30.3 Å². The van der Waals surface area contributed by atoms with E-state index < -0.39 is 40.4 Å². The number of hydrogen-bond donors (Lipinski definition) is 1. The molecule has 1 N–H and O–H groups in total. The summed E-state index contributed by atoms with van der Waals surface area (Å²) >= 11 is 0. The number of benzene rings is 2. The number of para-hydroxylation sites is 1. The van der Waals surface area contributed by atoms with Gasteiger partial charge in [0.05, 0.1) is 29.1 Å². The van der Waals surface area contributed by atoms with Crippen LogP contribution in [0, 0.1) is 27.9 Å². The number of imide groups is 1. The second-order valence-corrected chi connectivity index (χ2v) is 10.6. The number of Topliss-reactive ketones (excluding diaryl/α,β-unsaturated/α-hetero) is 1. The van der Waals surface area contributed by atoms with Gasteiger partial charge in [-0.1, -0.05) is 29.8 Å². The lowest BCUT2D eigenvalue weighted by atomic mass is 9.59. The van der Waals surface area contributed by atoms with Crippen molar-refractivity contribution in [2.75, 3.05) is 11.5 Å². The molecule has 10 nitrogen and oxygen atoms in total. The number of rotatable bonds is 5. The zero-order chi connectivity index (χ0) is 29.2. The molecule has 10 heteroatoms. The molecule has 208 valence electrons. The zero-order valence-electron chi connectivity index (χ0n) is 22.3. The van der Waals surface area contributed by atoms with Gasteiger partial charge >= 0.3 is 0 Å². The average Bonchev–Trinajstić information content (AvgIpc) is 3.21. The van der Waals surface area contributed by atoms with Crippen molar-refractivity contribution in [3.8, 4) is 11.5 Å². The number of nitro groups is 1. The highest BCUT2D eigenvalue weighted by Crippen LogP contribution is 2.57. The van der Waals surface area contributed by atoms with Crippen molar-refractivity contribution in [3.63, 3.8) is 0 Å². The molecule has 0 spiro atoms. The summed E-state index contributed by atoms with van der Waals surface area (Å²) < 4.78 is 5.59. The van der Waals surface area contributed by atoms with Crippen molar-refractivity contribution in [3.05, 3.63) is 92.6 Å². The maximum Gasteiger partial charge on any atom is 0.271 e. The van der Waals surface area contributed by atoms with E-state index in [-0.39, 0.29) is 64.0 Å². The highest BCUT2D eigenvalue weighted by Gasteiger charge is 2.57. The van der Waals surface area contributed by atoms with E-state index in [2.05, 4.69) is 0 Å². The Morgan fingerprint density at radius 1 is 1.07 bits per heavy atom. The Morgan fingerprint density at radius 2 is 1.83 bits per heavy atom. The Bertz CT molecular complexity index is 1670. The predicted molar refractivity (Wildman–Crippen MR) is 146 cm³/mol. The molecule has 0 aromatic heterocycles. The van der Waals surface area contributed by atoms with Crippen molar-refractivity contribution in [2.45, 2.75) is 32.6 Å². The van der Waals surface area contributed by atoms with Gasteiger partial charge in [0.15, 0.2) is 23.1 Å². The molecule has 0 unspecified atom stereocenters. The molecule has 6 rings (SSSR count). The van der Waals surface area contributed by atoms with Gasteiger partial charge in [0.25, 0.3) is 5.69 Å². The first-order valence-corrected chi connectivity index (χ1v) is 13.4. The lowest BCUT2D eigenvalue weighted by Crippen LogP contribution is -2.39. The molecule has 0 saturated carbocycles. The summed E-state index contributed by atoms with van der Waals surface area (Å²) in [4.78, 5) is 66.2. The van der Waals surface area contributed by atoms with Crippen molar-refractivity contribution in [2.24, 2.45) is 17.8 Å². The SMILES string of the molecule is CCOc1cccc([C@H]2C3=CC[C@@H]4C(=O)N(c5cccc([N+](=O)[O-])c5)C(=O)[C@@H]4[C@@H]3CC3=C2C(=O)C=C(C)C3=O)c1O. The molecule has 41 heavy (non-hydrogen) atoms. The average molecular weight is 555 g/mol. The number of ketones is 2. The Labute approximate surface area is 234 Å². The highest BCUT2D eigenvalue weighted by atomic mass is 16.6. The summed E-state index contributed by atoms with van der Waals surface area (Å²) in [5.74, 6) is -4.53. The van der Waals surface area contributed by atoms with Crippen molar-refractivity contribution < 1.29 is 33.9 Å². The van der Waals surface area contributed by atoms with Crippen molar-refractivity contribution >= 4 is 34.8 Å². The standard InChI is InChI=1S/C31H26N2O8/c1-3-41-24-9-5-8-19(29(24)36)25-18-10-11-20-26(21(18)14-22-27(25)23(34)12-15(2)28(22)35)31(38)32(30(20)37)16-6-4-7-17(13-16)33(39)40/h4-10,12-13,20-21,25-26,36H,3,11,14H2,1-2H3/t20-,21+,25+,26-/m0/s1. The number of fused-ring (bicyclic) bond motifs is 3. The number of ether oxygens (including phenoxy) is 1. The number of nitrogens with zero attached hydrogens (tertiary/aromatic N) is 2. The molecular weight excluding hydrogens is 528 g/mol. The lowest BCUT2D eigenvalue weighted by molar-refractivity contribution is -0.384. The van der Waals surface area contributed by atoms with Crippen LogP contribution in [0.2, 0.25) is 0 Å². The van der Waals surface area contributed by atoms with Crippen molar-refractivity contribution in [1.29, 1.82) is 0 Å². The third-order valence-corrected chi connectivity index (χ3v) is 8.50. The monoisotopic (exact) mass is 554 g/mol. The molecule has 2 aromatic carbocycles. The first-order chi connectivity index (χ1) is 19.6. The predicted octanol–water partition coefficient (Wildman–Crippen LogP) is 4.33. The first-order valence-electron chi connectivity index (χ1n) is 13.4. The molecule has 2 amide bonds. The molecule has 1 aliphatic heterocycles. The minimum Gasteiger partial charge on any atom is -0.504 e. The van der Waals surface area contributed by atoms with Crippen LogP contribution in [-0.4, -0.2) is 40.0 Å². The number of phenolic OH excluding ortho intramolecular Hbond substituents is 1. The first kappa shape index (κ1) is 26.4. The summed E-state index contributed by atoms with van der Waals surface area (Å²) in [5, 5.41) is 22.6. The van der Waals surface area contributed by atoms with Gasteiger partial charge in [-0.05, 0) is 50.8 Å². The van der Waals surface area contributed by atoms with Crippen LogP contribution in [0.1, 0.15) is 38.2 Å². The van der Waals surface area contributed by atoms with Crippen LogP contribution >= 0.6 is 0 Å². The number of carbonyl (C=O) groups is 4. The largest absolute Gasteiger partial charge is 0.504 e. The molecule has 0 radical (unpaired) electrons. The minimum absolute atomic E-state index is 0.0856. The molecule has 1 heterocycles. The number of hydrogen-bond acceptors (Lipinski definition) is 8. The van der Waals surface area contributed by atoms with Crippen LogP contribution in [0.5, 0.6) is 11.5 Å². The summed E-state index contributed by atoms with van der Waals surface area (Å²) in [5.41, 5.74) is 1.75. The summed E-state index contributed by atoms with van der Waals surface area (Å²) in [7, 11) is 0. The molecule has 4 atom stereocenters. The van der Waals surface area contributed by atoms with Gasteiger partial charge < -0.3 is 9.84 Å². The Balaban J connectivity index is 1.49. The van der Waals surface area contributed by atoms with Gasteiger partial charge in [-0.25, -0.2) is 4.90 Å². The van der Waals surface area contributed by atoms with E-state index in [0.717, 1.165) is 4.90 Å². The van der Waals surface area contributed by atoms with Gasteiger partial charge in [0, 0.05) is 40.3 Å². The van der Waals surface area contributed by atoms with Gasteiger partial charge in [0.2, 0.25) is 11.8 Å². The molecular formula is C31H26N2O8. The number of nitro benzene ring substituents is 1. The number of non-ortho nitro benzene ring substituents is 1. The van der Waals surface area contributed by atoms with Crippen LogP contribution in [0.3, 0.4) is 0 Å². The number of amides is 2. The maximum absolute atomic E-state index is 14.0. The number of carbonyl (C=O) groups excluding carboxylic acids is 4. The van der Waals surface area contributed by atoms with E-state index in [4.69, 9.17) is 4.74 Å². The Kier molecular flexibility index (Phi) is 6.21. The van der Waals surface area contributed by atoms with Crippen molar-refractivity contribution in [1.82, 2.24) is 0 Å². The fourth-order valence-corrected chi connectivity index (χ4v) is 6.78. The highest BCUT2D eigenvalue weighted by molar-refractivity contribution is 6.25. The molecule has 3 aliphatic carbocycles. The smallest absolute Gasteiger partial charge is 0.271 e. The molecule has 1 saturated heterocycles. The van der Waals surface area contributed by atoms with Crippen LogP contribution < -0.4 is 9.64 Å². The normalized spacial score (nSPS) is 25.4. The van der Waals surface area contributed by atoms with E-state index in [9.17, 15) is 34.4 Å². The molecule has 2 aromatic rings. The van der Waals surface area contributed by atoms with Gasteiger partial charge in [-0.15, -0.1) is 0 Å². The fourth-order valence-electron chi connectivity index (χ4n) is 6.78. The number of anilines is 1. The molecule has 0 bridgehead atoms. The van der Waals surface area contributed by atoms with Crippen LogP contribution in [-0.2, 0) is 19.2 Å². The molecule has 4 aliphatic rings. The Hall–Kier alpha value is -4.86. The lowest BCUT2D eigenvalue weighted by Gasteiger charge is -2.42. The zero-order valence-corrected chi connectivity index (χ0v) is 22.3. The fraction of sp³-hybridized carbons (Fsp3) is 0.290. The van der Waals surface area contributed by atoms with E-state index in [0.29, 0.717) is 17.7 Å². The quantitative estimate of drug-likeness (QED) is 0.189. The van der Waals surface area contributed by atoms with Gasteiger partial charge in [0.1, 0.15) is 0 Å². The maximum atomic E-state index is 14.0. The van der Waals surface area contributed by atoms with Crippen LogP contribution in [0.25, 0.3) is 0 Å². The van der Waals surface area contributed by atoms with E-state index in [1.807, 2.05) is 6.08 Å². The third-order valence-electron chi connectivity index (χ3n) is 8.50. The second-order valence-electron chi connectivity index (χ2n) is 10.6. The minimum atomic E-state index is -0.843. The van der Waals surface area contributed by atoms with Gasteiger partial charge in [-0.2, -0.15) is 0 Å². The molecule has 1 fully saturated rings. The van der Waals surface area contributed by atoms with E-state index >= 15 is 0 Å².